The fourth-order valence-electron chi connectivity index (χ4n) is 2.54. The third kappa shape index (κ3) is 5.03. The molecule has 8 heteroatoms. The number of nitrogens with one attached hydrogen (secondary N) is 1. The second-order valence-corrected chi connectivity index (χ2v) is 8.75. The third-order valence-electron chi connectivity index (χ3n) is 3.55. The van der Waals surface area contributed by atoms with Crippen LogP contribution in [0.15, 0.2) is 5.38 Å². The van der Waals surface area contributed by atoms with Gasteiger partial charge in [-0.2, -0.15) is 0 Å². The Labute approximate surface area is 136 Å². The number of carbonyl (C=O) groups is 1. The Bertz CT molecular complexity index is 625. The monoisotopic (exact) mass is 345 g/mol. The van der Waals surface area contributed by atoms with Gasteiger partial charge in [0.1, 0.15) is 0 Å². The Hall–Kier alpha value is -0.990. The fraction of sp³-hybridized carbons (Fsp3) is 0.714. The smallest absolute Gasteiger partial charge is 0.228 e. The van der Waals surface area contributed by atoms with Gasteiger partial charge in [-0.3, -0.25) is 4.79 Å². The van der Waals surface area contributed by atoms with Crippen molar-refractivity contribution in [3.05, 3.63) is 16.1 Å². The van der Waals surface area contributed by atoms with Crippen molar-refractivity contribution in [3.63, 3.8) is 0 Å². The molecule has 1 atom stereocenters. The summed E-state index contributed by atoms with van der Waals surface area (Å²) >= 11 is 1.58. The van der Waals surface area contributed by atoms with E-state index in [1.165, 1.54) is 0 Å². The van der Waals surface area contributed by atoms with Gasteiger partial charge in [0.15, 0.2) is 0 Å². The van der Waals surface area contributed by atoms with E-state index in [1.807, 2.05) is 5.38 Å². The van der Waals surface area contributed by atoms with Crippen molar-refractivity contribution in [2.75, 3.05) is 19.3 Å². The van der Waals surface area contributed by atoms with E-state index < -0.39 is 10.0 Å². The van der Waals surface area contributed by atoms with Gasteiger partial charge < -0.3 is 4.90 Å². The van der Waals surface area contributed by atoms with Gasteiger partial charge in [0.05, 0.1) is 23.4 Å². The molecule has 6 nitrogen and oxygen atoms in total. The Morgan fingerprint density at radius 3 is 2.86 bits per heavy atom. The van der Waals surface area contributed by atoms with Crippen molar-refractivity contribution in [2.24, 2.45) is 0 Å². The molecule has 1 aliphatic rings. The molecule has 2 rings (SSSR count). The molecule has 1 fully saturated rings. The number of hydrogen-bond acceptors (Lipinski definition) is 5. The van der Waals surface area contributed by atoms with Crippen LogP contribution in [-0.2, 0) is 21.2 Å². The van der Waals surface area contributed by atoms with Crippen LogP contribution >= 0.6 is 11.3 Å². The largest absolute Gasteiger partial charge is 0.341 e. The molecule has 1 aromatic rings. The van der Waals surface area contributed by atoms with Gasteiger partial charge in [0.2, 0.25) is 15.9 Å². The van der Waals surface area contributed by atoms with Crippen molar-refractivity contribution in [3.8, 4) is 0 Å². The summed E-state index contributed by atoms with van der Waals surface area (Å²) < 4.78 is 25.2. The van der Waals surface area contributed by atoms with E-state index in [0.29, 0.717) is 19.0 Å². The first-order valence-corrected chi connectivity index (χ1v) is 10.2. The second-order valence-electron chi connectivity index (χ2n) is 6.08. The van der Waals surface area contributed by atoms with Crippen LogP contribution in [0.3, 0.4) is 0 Å². The lowest BCUT2D eigenvalue weighted by atomic mass is 10.1. The normalized spacial score (nSPS) is 19.6. The van der Waals surface area contributed by atoms with Crippen LogP contribution in [-0.4, -0.2) is 49.6 Å². The fourth-order valence-corrected chi connectivity index (χ4v) is 4.17. The maximum atomic E-state index is 12.4. The maximum Gasteiger partial charge on any atom is 0.228 e. The molecule has 1 saturated heterocycles. The first kappa shape index (κ1) is 17.4. The van der Waals surface area contributed by atoms with Gasteiger partial charge in [-0.1, -0.05) is 13.8 Å². The molecule has 124 valence electrons. The molecule has 1 amide bonds. The van der Waals surface area contributed by atoms with Crippen molar-refractivity contribution in [1.29, 1.82) is 0 Å². The number of rotatable bonds is 5. The number of sulfonamides is 1. The number of amides is 1. The van der Waals surface area contributed by atoms with Crippen LogP contribution in [0.5, 0.6) is 0 Å². The molecule has 1 aromatic heterocycles. The molecule has 1 aliphatic heterocycles. The zero-order valence-corrected chi connectivity index (χ0v) is 14.8. The van der Waals surface area contributed by atoms with Crippen molar-refractivity contribution < 1.29 is 13.2 Å². The van der Waals surface area contributed by atoms with Crippen LogP contribution in [0.1, 0.15) is 43.3 Å². The van der Waals surface area contributed by atoms with Gasteiger partial charge in [-0.15, -0.1) is 11.3 Å². The van der Waals surface area contributed by atoms with Gasteiger partial charge in [-0.25, -0.2) is 18.1 Å². The maximum absolute atomic E-state index is 12.4. The van der Waals surface area contributed by atoms with Crippen LogP contribution in [0.2, 0.25) is 0 Å². The molecule has 0 aromatic carbocycles. The van der Waals surface area contributed by atoms with E-state index in [0.717, 1.165) is 29.8 Å². The predicted molar refractivity (Wildman–Crippen MR) is 87.5 cm³/mol. The minimum Gasteiger partial charge on any atom is -0.341 e. The standard InChI is InChI=1S/C14H23N3O3S2/c1-10(2)14-15-12(9-21-14)7-13(18)17-6-4-5-11(8-17)16-22(3,19)20/h9-11,16H,4-8H2,1-3H3. The lowest BCUT2D eigenvalue weighted by Crippen LogP contribution is -2.49. The summed E-state index contributed by atoms with van der Waals surface area (Å²) in [7, 11) is -3.24. The molecule has 1 N–H and O–H groups in total. The first-order valence-electron chi connectivity index (χ1n) is 7.44. The van der Waals surface area contributed by atoms with Gasteiger partial charge in [0.25, 0.3) is 0 Å². The summed E-state index contributed by atoms with van der Waals surface area (Å²) in [5, 5.41) is 2.97. The van der Waals surface area contributed by atoms with E-state index in [-0.39, 0.29) is 18.4 Å². The molecule has 1 unspecified atom stereocenters. The number of nitrogens with zero attached hydrogens (tertiary/aromatic N) is 2. The highest BCUT2D eigenvalue weighted by Crippen LogP contribution is 2.20. The summed E-state index contributed by atoms with van der Waals surface area (Å²) in [6, 6.07) is -0.186. The van der Waals surface area contributed by atoms with E-state index in [2.05, 4.69) is 23.6 Å². The average Bonchev–Trinajstić information content (AvgIpc) is 2.85. The van der Waals surface area contributed by atoms with E-state index >= 15 is 0 Å². The molecular formula is C14H23N3O3S2. The number of piperidine rings is 1. The highest BCUT2D eigenvalue weighted by atomic mass is 32.2. The highest BCUT2D eigenvalue weighted by molar-refractivity contribution is 7.88. The minimum atomic E-state index is -3.24. The van der Waals surface area contributed by atoms with Gasteiger partial charge in [-0.05, 0) is 12.8 Å². The Balaban J connectivity index is 1.93. The van der Waals surface area contributed by atoms with E-state index in [9.17, 15) is 13.2 Å². The number of thiazole rings is 1. The molecule has 22 heavy (non-hydrogen) atoms. The molecule has 2 heterocycles. The third-order valence-corrected chi connectivity index (χ3v) is 5.51. The topological polar surface area (TPSA) is 79.4 Å². The average molecular weight is 345 g/mol. The van der Waals surface area contributed by atoms with Gasteiger partial charge in [0, 0.05) is 30.4 Å². The molecule has 0 saturated carbocycles. The van der Waals surface area contributed by atoms with E-state index in [1.54, 1.807) is 16.2 Å². The summed E-state index contributed by atoms with van der Waals surface area (Å²) in [4.78, 5) is 18.6. The van der Waals surface area contributed by atoms with Crippen molar-refractivity contribution >= 4 is 27.3 Å². The lowest BCUT2D eigenvalue weighted by molar-refractivity contribution is -0.131. The minimum absolute atomic E-state index is 0.0145. The predicted octanol–water partition coefficient (Wildman–Crippen LogP) is 1.35. The van der Waals surface area contributed by atoms with Gasteiger partial charge >= 0.3 is 0 Å². The SMILES string of the molecule is CC(C)c1nc(CC(=O)N2CCCC(NS(C)(=O)=O)C2)cs1. The lowest BCUT2D eigenvalue weighted by Gasteiger charge is -2.32. The quantitative estimate of drug-likeness (QED) is 0.874. The van der Waals surface area contributed by atoms with Crippen LogP contribution < -0.4 is 4.72 Å². The van der Waals surface area contributed by atoms with Crippen LogP contribution in [0.25, 0.3) is 0 Å². The zero-order valence-electron chi connectivity index (χ0n) is 13.2. The Morgan fingerprint density at radius 1 is 1.55 bits per heavy atom. The number of aromatic nitrogens is 1. The number of likely N-dealkylation sites (tertiary alicyclic amines) is 1. The summed E-state index contributed by atoms with van der Waals surface area (Å²) in [6.45, 7) is 5.28. The van der Waals surface area contributed by atoms with Crippen molar-refractivity contribution in [2.45, 2.75) is 45.1 Å². The van der Waals surface area contributed by atoms with E-state index in [4.69, 9.17) is 0 Å². The van der Waals surface area contributed by atoms with Crippen LogP contribution in [0, 0.1) is 0 Å². The number of hydrogen-bond donors (Lipinski definition) is 1. The Kier molecular flexibility index (Phi) is 5.57. The first-order chi connectivity index (χ1) is 10.2. The van der Waals surface area contributed by atoms with Crippen molar-refractivity contribution in [1.82, 2.24) is 14.6 Å². The summed E-state index contributed by atoms with van der Waals surface area (Å²) in [5.41, 5.74) is 0.803. The second kappa shape index (κ2) is 7.06. The summed E-state index contributed by atoms with van der Waals surface area (Å²) in [5.74, 6) is 0.382. The number of carbonyl (C=O) groups excluding carboxylic acids is 1. The zero-order chi connectivity index (χ0) is 16.3. The van der Waals surface area contributed by atoms with Crippen LogP contribution in [0.4, 0.5) is 0 Å². The highest BCUT2D eigenvalue weighted by Gasteiger charge is 2.25. The summed E-state index contributed by atoms with van der Waals surface area (Å²) in [6.07, 6.45) is 3.02. The molecular weight excluding hydrogens is 322 g/mol. The molecule has 0 spiro atoms. The molecule has 0 radical (unpaired) electrons. The molecule has 0 bridgehead atoms. The molecule has 0 aliphatic carbocycles. The Morgan fingerprint density at radius 2 is 2.27 bits per heavy atom.